The minimum atomic E-state index is -4.40. The van der Waals surface area contributed by atoms with Crippen molar-refractivity contribution in [3.05, 3.63) is 53.7 Å². The zero-order valence-electron chi connectivity index (χ0n) is 10.8. The van der Waals surface area contributed by atoms with Crippen LogP contribution < -0.4 is 5.73 Å². The first-order chi connectivity index (χ1) is 10.0. The Labute approximate surface area is 118 Å². The lowest BCUT2D eigenvalue weighted by Gasteiger charge is -2.09. The Bertz CT molecular complexity index is 792. The van der Waals surface area contributed by atoms with Gasteiger partial charge in [-0.05, 0) is 24.3 Å². The van der Waals surface area contributed by atoms with Crippen molar-refractivity contribution in [1.82, 2.24) is 14.6 Å². The number of hydrogen-bond donors (Lipinski definition) is 1. The highest BCUT2D eigenvalue weighted by molar-refractivity contribution is 5.61. The second-order valence-electron chi connectivity index (χ2n) is 4.52. The van der Waals surface area contributed by atoms with Crippen molar-refractivity contribution >= 4 is 5.65 Å². The third kappa shape index (κ3) is 2.36. The van der Waals surface area contributed by atoms with Gasteiger partial charge in [-0.25, -0.2) is 0 Å². The van der Waals surface area contributed by atoms with Crippen molar-refractivity contribution < 1.29 is 13.2 Å². The standard InChI is InChI=1S/C14H11F3N4/c15-14(16,17)10-4-1-3-9(7-10)13-20-19-12-6-2-5-11(8-18)21(12)13/h1-7H,8,18H2. The lowest BCUT2D eigenvalue weighted by Crippen LogP contribution is -2.06. The number of nitrogens with two attached hydrogens (primary N) is 1. The molecule has 0 fully saturated rings. The molecule has 3 rings (SSSR count). The molecule has 21 heavy (non-hydrogen) atoms. The molecule has 0 radical (unpaired) electrons. The van der Waals surface area contributed by atoms with Crippen molar-refractivity contribution in [3.8, 4) is 11.4 Å². The number of aromatic nitrogens is 3. The fourth-order valence-electron chi connectivity index (χ4n) is 2.19. The predicted octanol–water partition coefficient (Wildman–Crippen LogP) is 2.87. The van der Waals surface area contributed by atoms with Crippen molar-refractivity contribution in [2.24, 2.45) is 5.73 Å². The topological polar surface area (TPSA) is 56.2 Å². The van der Waals surface area contributed by atoms with Crippen molar-refractivity contribution in [2.45, 2.75) is 12.7 Å². The summed E-state index contributed by atoms with van der Waals surface area (Å²) in [4.78, 5) is 0. The van der Waals surface area contributed by atoms with Gasteiger partial charge in [-0.2, -0.15) is 13.2 Å². The molecule has 0 aliphatic heterocycles. The Morgan fingerprint density at radius 2 is 1.81 bits per heavy atom. The molecule has 108 valence electrons. The monoisotopic (exact) mass is 292 g/mol. The third-order valence-electron chi connectivity index (χ3n) is 3.17. The van der Waals surface area contributed by atoms with E-state index in [1.807, 2.05) is 0 Å². The fourth-order valence-corrected chi connectivity index (χ4v) is 2.19. The molecule has 0 saturated carbocycles. The summed E-state index contributed by atoms with van der Waals surface area (Å²) in [5.41, 5.74) is 6.56. The van der Waals surface area contributed by atoms with Crippen LogP contribution in [0.3, 0.4) is 0 Å². The summed E-state index contributed by atoms with van der Waals surface area (Å²) in [6, 6.07) is 10.3. The van der Waals surface area contributed by atoms with Crippen LogP contribution in [0.15, 0.2) is 42.5 Å². The zero-order chi connectivity index (χ0) is 15.0. The van der Waals surface area contributed by atoms with Gasteiger partial charge in [0.15, 0.2) is 11.5 Å². The summed E-state index contributed by atoms with van der Waals surface area (Å²) in [6.45, 7) is 0.237. The van der Waals surface area contributed by atoms with Gasteiger partial charge in [0.25, 0.3) is 0 Å². The molecule has 2 aromatic heterocycles. The molecule has 0 bridgehead atoms. The number of alkyl halides is 3. The summed E-state index contributed by atoms with van der Waals surface area (Å²) in [5.74, 6) is 0.345. The van der Waals surface area contributed by atoms with E-state index in [0.29, 0.717) is 17.0 Å². The molecule has 2 N–H and O–H groups in total. The normalized spacial score (nSPS) is 12.0. The van der Waals surface area contributed by atoms with Crippen LogP contribution in [0, 0.1) is 0 Å². The number of halogens is 3. The van der Waals surface area contributed by atoms with Crippen molar-refractivity contribution in [2.75, 3.05) is 0 Å². The van der Waals surface area contributed by atoms with Gasteiger partial charge in [0.1, 0.15) is 0 Å². The smallest absolute Gasteiger partial charge is 0.325 e. The second kappa shape index (κ2) is 4.85. The lowest BCUT2D eigenvalue weighted by atomic mass is 10.1. The SMILES string of the molecule is NCc1cccc2nnc(-c3cccc(C(F)(F)F)c3)n12. The first-order valence-electron chi connectivity index (χ1n) is 6.21. The molecule has 0 unspecified atom stereocenters. The molecule has 2 heterocycles. The Balaban J connectivity index is 2.22. The first-order valence-corrected chi connectivity index (χ1v) is 6.21. The van der Waals surface area contributed by atoms with Crippen LogP contribution in [0.1, 0.15) is 11.3 Å². The number of benzene rings is 1. The molecule has 0 aliphatic rings. The quantitative estimate of drug-likeness (QED) is 0.790. The van der Waals surface area contributed by atoms with E-state index in [-0.39, 0.29) is 6.54 Å². The van der Waals surface area contributed by atoms with E-state index in [4.69, 9.17) is 5.73 Å². The first kappa shape index (κ1) is 13.6. The van der Waals surface area contributed by atoms with Crippen LogP contribution in [0.25, 0.3) is 17.0 Å². The van der Waals surface area contributed by atoms with Gasteiger partial charge in [0.2, 0.25) is 0 Å². The van der Waals surface area contributed by atoms with Crippen LogP contribution in [-0.2, 0) is 12.7 Å². The summed E-state index contributed by atoms with van der Waals surface area (Å²) in [7, 11) is 0. The van der Waals surface area contributed by atoms with E-state index in [1.54, 1.807) is 28.7 Å². The zero-order valence-corrected chi connectivity index (χ0v) is 10.8. The summed E-state index contributed by atoms with van der Waals surface area (Å²) >= 11 is 0. The van der Waals surface area contributed by atoms with Crippen LogP contribution in [0.4, 0.5) is 13.2 Å². The predicted molar refractivity (Wildman–Crippen MR) is 71.3 cm³/mol. The van der Waals surface area contributed by atoms with Gasteiger partial charge < -0.3 is 5.73 Å². The van der Waals surface area contributed by atoms with E-state index in [9.17, 15) is 13.2 Å². The number of nitrogens with zero attached hydrogens (tertiary/aromatic N) is 3. The van der Waals surface area contributed by atoms with Gasteiger partial charge in [-0.15, -0.1) is 10.2 Å². The largest absolute Gasteiger partial charge is 0.416 e. The highest BCUT2D eigenvalue weighted by atomic mass is 19.4. The third-order valence-corrected chi connectivity index (χ3v) is 3.17. The maximum absolute atomic E-state index is 12.8. The molecule has 1 aromatic carbocycles. The number of fused-ring (bicyclic) bond motifs is 1. The maximum atomic E-state index is 12.8. The van der Waals surface area contributed by atoms with Crippen LogP contribution in [-0.4, -0.2) is 14.6 Å². The van der Waals surface area contributed by atoms with E-state index in [1.165, 1.54) is 6.07 Å². The average molecular weight is 292 g/mol. The molecule has 3 aromatic rings. The minimum Gasteiger partial charge on any atom is -0.325 e. The summed E-state index contributed by atoms with van der Waals surface area (Å²) < 4.78 is 40.1. The Morgan fingerprint density at radius 1 is 1.05 bits per heavy atom. The average Bonchev–Trinajstić information content (AvgIpc) is 2.90. The maximum Gasteiger partial charge on any atom is 0.416 e. The van der Waals surface area contributed by atoms with Gasteiger partial charge in [-0.3, -0.25) is 4.40 Å². The van der Waals surface area contributed by atoms with Crippen molar-refractivity contribution in [3.63, 3.8) is 0 Å². The molecule has 0 saturated heterocycles. The van der Waals surface area contributed by atoms with E-state index in [2.05, 4.69) is 10.2 Å². The molecule has 0 atom stereocenters. The second-order valence-corrected chi connectivity index (χ2v) is 4.52. The molecule has 0 spiro atoms. The lowest BCUT2D eigenvalue weighted by molar-refractivity contribution is -0.137. The minimum absolute atomic E-state index is 0.237. The van der Waals surface area contributed by atoms with Gasteiger partial charge in [0, 0.05) is 17.8 Å². The van der Waals surface area contributed by atoms with Gasteiger partial charge in [0.05, 0.1) is 5.56 Å². The van der Waals surface area contributed by atoms with E-state index < -0.39 is 11.7 Å². The summed E-state index contributed by atoms with van der Waals surface area (Å²) in [6.07, 6.45) is -4.40. The highest BCUT2D eigenvalue weighted by Gasteiger charge is 2.30. The fraction of sp³-hybridized carbons (Fsp3) is 0.143. The molecular weight excluding hydrogens is 281 g/mol. The Morgan fingerprint density at radius 3 is 2.52 bits per heavy atom. The van der Waals surface area contributed by atoms with Gasteiger partial charge >= 0.3 is 6.18 Å². The highest BCUT2D eigenvalue weighted by Crippen LogP contribution is 2.32. The number of rotatable bonds is 2. The summed E-state index contributed by atoms with van der Waals surface area (Å²) in [5, 5.41) is 7.96. The van der Waals surface area contributed by atoms with Crippen LogP contribution in [0.5, 0.6) is 0 Å². The number of pyridine rings is 1. The van der Waals surface area contributed by atoms with Crippen LogP contribution in [0.2, 0.25) is 0 Å². The van der Waals surface area contributed by atoms with Gasteiger partial charge in [-0.1, -0.05) is 18.2 Å². The Kier molecular flexibility index (Phi) is 3.13. The van der Waals surface area contributed by atoms with Crippen molar-refractivity contribution in [1.29, 1.82) is 0 Å². The van der Waals surface area contributed by atoms with E-state index in [0.717, 1.165) is 17.8 Å². The molecule has 0 amide bonds. The molecule has 0 aliphatic carbocycles. The molecule has 4 nitrogen and oxygen atoms in total. The molecular formula is C14H11F3N4. The molecule has 7 heteroatoms. The van der Waals surface area contributed by atoms with Crippen LogP contribution >= 0.6 is 0 Å². The number of hydrogen-bond acceptors (Lipinski definition) is 3. The van der Waals surface area contributed by atoms with E-state index >= 15 is 0 Å². The Hall–Kier alpha value is -2.41.